The lowest BCUT2D eigenvalue weighted by Gasteiger charge is -2.04. The normalized spacial score (nSPS) is 10.6. The van der Waals surface area contributed by atoms with Gasteiger partial charge in [0.2, 0.25) is 0 Å². The summed E-state index contributed by atoms with van der Waals surface area (Å²) in [7, 11) is 3.44. The Bertz CT molecular complexity index is 604. The zero-order valence-electron chi connectivity index (χ0n) is 9.15. The van der Waals surface area contributed by atoms with E-state index in [9.17, 15) is 4.79 Å². The van der Waals surface area contributed by atoms with Gasteiger partial charge < -0.3 is 9.32 Å². The molecule has 0 aliphatic heterocycles. The van der Waals surface area contributed by atoms with Gasteiger partial charge in [-0.3, -0.25) is 0 Å². The fourth-order valence-corrected chi connectivity index (χ4v) is 1.74. The molecule has 0 bridgehead atoms. The lowest BCUT2D eigenvalue weighted by molar-refractivity contribution is 0.505. The third-order valence-corrected chi connectivity index (χ3v) is 2.60. The van der Waals surface area contributed by atoms with Crippen LogP contribution in [0.2, 0.25) is 10.0 Å². The Balaban J connectivity index is 2.57. The number of benzene rings is 1. The summed E-state index contributed by atoms with van der Waals surface area (Å²) in [6.45, 7) is 0. The first kappa shape index (κ1) is 12.0. The van der Waals surface area contributed by atoms with Crippen molar-refractivity contribution >= 4 is 29.2 Å². The molecule has 0 N–H and O–H groups in total. The van der Waals surface area contributed by atoms with Crippen LogP contribution in [0.4, 0.5) is 6.01 Å². The summed E-state index contributed by atoms with van der Waals surface area (Å²) in [5.74, 6) is -0.599. The minimum absolute atomic E-state index is 0.209. The predicted octanol–water partition coefficient (Wildman–Crippen LogP) is 2.20. The van der Waals surface area contributed by atoms with Crippen molar-refractivity contribution in [2.45, 2.75) is 0 Å². The van der Waals surface area contributed by atoms with Crippen LogP contribution in [-0.2, 0) is 0 Å². The quantitative estimate of drug-likeness (QED) is 0.842. The van der Waals surface area contributed by atoms with Crippen molar-refractivity contribution in [2.75, 3.05) is 19.0 Å². The van der Waals surface area contributed by atoms with E-state index in [1.54, 1.807) is 31.1 Å². The molecule has 2 aromatic rings. The Hall–Kier alpha value is -1.46. The first-order chi connectivity index (χ1) is 7.99. The van der Waals surface area contributed by atoms with Gasteiger partial charge in [0.25, 0.3) is 0 Å². The minimum Gasteiger partial charge on any atom is -0.373 e. The van der Waals surface area contributed by atoms with E-state index in [0.29, 0.717) is 15.7 Å². The largest absolute Gasteiger partial charge is 0.443 e. The van der Waals surface area contributed by atoms with Crippen molar-refractivity contribution in [3.05, 3.63) is 38.8 Å². The van der Waals surface area contributed by atoms with Crippen LogP contribution in [0.1, 0.15) is 0 Å². The van der Waals surface area contributed by atoms with Crippen LogP contribution in [0.25, 0.3) is 5.69 Å². The molecule has 0 saturated carbocycles. The highest BCUT2D eigenvalue weighted by atomic mass is 35.5. The van der Waals surface area contributed by atoms with E-state index in [4.69, 9.17) is 27.6 Å². The van der Waals surface area contributed by atoms with Gasteiger partial charge in [0, 0.05) is 19.1 Å². The summed E-state index contributed by atoms with van der Waals surface area (Å²) >= 11 is 11.8. The number of rotatable bonds is 2. The second kappa shape index (κ2) is 4.43. The number of nitrogens with zero attached hydrogens (tertiary/aromatic N) is 3. The molecule has 1 heterocycles. The number of aromatic nitrogens is 2. The van der Waals surface area contributed by atoms with Gasteiger partial charge in [-0.1, -0.05) is 23.2 Å². The predicted molar refractivity (Wildman–Crippen MR) is 66.4 cm³/mol. The maximum atomic E-state index is 11.6. The van der Waals surface area contributed by atoms with Crippen molar-refractivity contribution < 1.29 is 4.42 Å². The smallest absolute Gasteiger partial charge is 0.373 e. The Morgan fingerprint density at radius 2 is 2.06 bits per heavy atom. The van der Waals surface area contributed by atoms with Crippen molar-refractivity contribution in [1.82, 2.24) is 9.78 Å². The molecule has 90 valence electrons. The van der Waals surface area contributed by atoms with Gasteiger partial charge in [-0.25, -0.2) is 4.79 Å². The van der Waals surface area contributed by atoms with E-state index in [2.05, 4.69) is 5.10 Å². The van der Waals surface area contributed by atoms with Gasteiger partial charge >= 0.3 is 11.8 Å². The third-order valence-electron chi connectivity index (χ3n) is 2.06. The zero-order chi connectivity index (χ0) is 12.6. The number of hydrogen-bond donors (Lipinski definition) is 0. The van der Waals surface area contributed by atoms with Crippen LogP contribution in [0.15, 0.2) is 27.4 Å². The molecule has 5 nitrogen and oxygen atoms in total. The van der Waals surface area contributed by atoms with Crippen LogP contribution in [0, 0.1) is 0 Å². The SMILES string of the molecule is CN(C)c1nn(-c2ccc(Cl)cc2Cl)c(=O)o1. The summed E-state index contributed by atoms with van der Waals surface area (Å²) in [5, 5.41) is 4.83. The molecule has 0 atom stereocenters. The van der Waals surface area contributed by atoms with Gasteiger partial charge in [0.1, 0.15) is 0 Å². The summed E-state index contributed by atoms with van der Waals surface area (Å²) in [6.07, 6.45) is 0. The molecule has 17 heavy (non-hydrogen) atoms. The van der Waals surface area contributed by atoms with E-state index >= 15 is 0 Å². The summed E-state index contributed by atoms with van der Waals surface area (Å²) < 4.78 is 6.04. The second-order valence-electron chi connectivity index (χ2n) is 3.55. The summed E-state index contributed by atoms with van der Waals surface area (Å²) in [5.41, 5.74) is 0.429. The first-order valence-corrected chi connectivity index (χ1v) is 5.47. The van der Waals surface area contributed by atoms with Crippen molar-refractivity contribution in [1.29, 1.82) is 0 Å². The van der Waals surface area contributed by atoms with Gasteiger partial charge in [-0.15, -0.1) is 5.10 Å². The molecule has 0 radical (unpaired) electrons. The fraction of sp³-hybridized carbons (Fsp3) is 0.200. The minimum atomic E-state index is -0.599. The lowest BCUT2D eigenvalue weighted by atomic mass is 10.3. The monoisotopic (exact) mass is 273 g/mol. The van der Waals surface area contributed by atoms with Crippen LogP contribution >= 0.6 is 23.2 Å². The lowest BCUT2D eigenvalue weighted by Crippen LogP contribution is -2.14. The molecule has 0 spiro atoms. The average Bonchev–Trinajstić information content (AvgIpc) is 2.61. The topological polar surface area (TPSA) is 51.3 Å². The van der Waals surface area contributed by atoms with E-state index in [0.717, 1.165) is 4.68 Å². The number of halogens is 2. The maximum Gasteiger partial charge on any atom is 0.443 e. The molecular formula is C10H9Cl2N3O2. The van der Waals surface area contributed by atoms with Gasteiger partial charge in [-0.05, 0) is 18.2 Å². The standard InChI is InChI=1S/C10H9Cl2N3O2/c1-14(2)9-13-15(10(16)17-9)8-4-3-6(11)5-7(8)12/h3-5H,1-2H3. The maximum absolute atomic E-state index is 11.6. The molecule has 0 aliphatic rings. The molecule has 0 aliphatic carbocycles. The Morgan fingerprint density at radius 1 is 1.35 bits per heavy atom. The van der Waals surface area contributed by atoms with Gasteiger partial charge in [0.15, 0.2) is 0 Å². The Morgan fingerprint density at radius 3 is 2.59 bits per heavy atom. The molecule has 2 rings (SSSR count). The van der Waals surface area contributed by atoms with Crippen LogP contribution in [0.5, 0.6) is 0 Å². The Kier molecular flexibility index (Phi) is 3.13. The molecular weight excluding hydrogens is 265 g/mol. The molecule has 0 amide bonds. The second-order valence-corrected chi connectivity index (χ2v) is 4.40. The Labute approximate surface area is 107 Å². The highest BCUT2D eigenvalue weighted by Crippen LogP contribution is 2.23. The fourth-order valence-electron chi connectivity index (χ4n) is 1.25. The van der Waals surface area contributed by atoms with Crippen molar-refractivity contribution in [3.63, 3.8) is 0 Å². The molecule has 1 aromatic carbocycles. The van der Waals surface area contributed by atoms with E-state index < -0.39 is 5.76 Å². The van der Waals surface area contributed by atoms with E-state index in [1.807, 2.05) is 0 Å². The van der Waals surface area contributed by atoms with Crippen LogP contribution in [0.3, 0.4) is 0 Å². The average molecular weight is 274 g/mol. The van der Waals surface area contributed by atoms with Gasteiger partial charge in [-0.2, -0.15) is 4.68 Å². The summed E-state index contributed by atoms with van der Waals surface area (Å²) in [6, 6.07) is 4.98. The number of anilines is 1. The van der Waals surface area contributed by atoms with Crippen LogP contribution < -0.4 is 10.7 Å². The number of hydrogen-bond acceptors (Lipinski definition) is 4. The first-order valence-electron chi connectivity index (χ1n) is 4.72. The molecule has 1 aromatic heterocycles. The molecule has 0 unspecified atom stereocenters. The molecule has 0 saturated heterocycles. The van der Waals surface area contributed by atoms with E-state index in [-0.39, 0.29) is 6.01 Å². The van der Waals surface area contributed by atoms with Crippen molar-refractivity contribution in [2.24, 2.45) is 0 Å². The molecule has 0 fully saturated rings. The third kappa shape index (κ3) is 2.30. The van der Waals surface area contributed by atoms with Crippen LogP contribution in [-0.4, -0.2) is 23.9 Å². The molecule has 7 heteroatoms. The highest BCUT2D eigenvalue weighted by Gasteiger charge is 2.13. The van der Waals surface area contributed by atoms with Crippen molar-refractivity contribution in [3.8, 4) is 5.69 Å². The highest BCUT2D eigenvalue weighted by molar-refractivity contribution is 6.35. The van der Waals surface area contributed by atoms with Gasteiger partial charge in [0.05, 0.1) is 10.7 Å². The summed E-state index contributed by atoms with van der Waals surface area (Å²) in [4.78, 5) is 13.2. The van der Waals surface area contributed by atoms with E-state index in [1.165, 1.54) is 6.07 Å². The zero-order valence-corrected chi connectivity index (χ0v) is 10.7.